The lowest BCUT2D eigenvalue weighted by atomic mass is 10.00. The van der Waals surface area contributed by atoms with Gasteiger partial charge in [0.2, 0.25) is 5.89 Å². The summed E-state index contributed by atoms with van der Waals surface area (Å²) in [6.45, 7) is 3.54. The summed E-state index contributed by atoms with van der Waals surface area (Å²) in [4.78, 5) is 2.07. The number of nitrogens with two attached hydrogens (primary N) is 1. The second kappa shape index (κ2) is 3.96. The number of aliphatic hydroxyl groups excluding tert-OH is 1. The fourth-order valence-electron chi connectivity index (χ4n) is 2.93. The molecule has 2 fully saturated rings. The number of aromatic nitrogens is 2. The Bertz CT molecular complexity index is 406. The molecule has 17 heavy (non-hydrogen) atoms. The van der Waals surface area contributed by atoms with Crippen LogP contribution in [0, 0.1) is 11.8 Å². The van der Waals surface area contributed by atoms with Gasteiger partial charge in [0.05, 0.1) is 12.1 Å². The molecule has 2 heterocycles. The quantitative estimate of drug-likeness (QED) is 0.770. The lowest BCUT2D eigenvalue weighted by Crippen LogP contribution is -2.24. The summed E-state index contributed by atoms with van der Waals surface area (Å²) in [5, 5.41) is 17.8. The van der Waals surface area contributed by atoms with E-state index in [-0.39, 0.29) is 12.1 Å². The van der Waals surface area contributed by atoms with Crippen LogP contribution in [0.4, 0.5) is 6.01 Å². The molecule has 0 spiro atoms. The van der Waals surface area contributed by atoms with E-state index in [4.69, 9.17) is 10.2 Å². The molecule has 1 aromatic heterocycles. The number of rotatable bonds is 2. The van der Waals surface area contributed by atoms with Gasteiger partial charge in [0.25, 0.3) is 0 Å². The number of fused-ring (bicyclic) bond motifs is 1. The van der Waals surface area contributed by atoms with Gasteiger partial charge in [-0.25, -0.2) is 0 Å². The molecule has 0 amide bonds. The Morgan fingerprint density at radius 3 is 2.88 bits per heavy atom. The fourth-order valence-corrected chi connectivity index (χ4v) is 2.93. The second-order valence-electron chi connectivity index (χ2n) is 5.19. The van der Waals surface area contributed by atoms with Crippen molar-refractivity contribution in [2.45, 2.75) is 31.9 Å². The van der Waals surface area contributed by atoms with Gasteiger partial charge in [-0.05, 0) is 25.7 Å². The van der Waals surface area contributed by atoms with Gasteiger partial charge in [0.1, 0.15) is 0 Å². The monoisotopic (exact) mass is 238 g/mol. The maximum atomic E-state index is 9.84. The second-order valence-corrected chi connectivity index (χ2v) is 5.19. The lowest BCUT2D eigenvalue weighted by Gasteiger charge is -2.15. The number of aliphatic hydroxyl groups is 1. The van der Waals surface area contributed by atoms with Crippen LogP contribution in [0.1, 0.15) is 31.7 Å². The third-order valence-corrected chi connectivity index (χ3v) is 3.91. The van der Waals surface area contributed by atoms with Crippen LogP contribution < -0.4 is 10.6 Å². The Balaban J connectivity index is 1.74. The van der Waals surface area contributed by atoms with Crippen molar-refractivity contribution in [3.05, 3.63) is 5.89 Å². The predicted molar refractivity (Wildman–Crippen MR) is 61.3 cm³/mol. The minimum atomic E-state index is -0.232. The minimum Gasteiger partial charge on any atom is -0.406 e. The molecule has 1 saturated heterocycles. The van der Waals surface area contributed by atoms with Crippen LogP contribution >= 0.6 is 0 Å². The van der Waals surface area contributed by atoms with Gasteiger partial charge in [-0.15, -0.1) is 5.10 Å². The first kappa shape index (κ1) is 11.0. The molecule has 4 atom stereocenters. The summed E-state index contributed by atoms with van der Waals surface area (Å²) in [6.07, 6.45) is 1.86. The highest BCUT2D eigenvalue weighted by Crippen LogP contribution is 2.39. The number of anilines is 1. The van der Waals surface area contributed by atoms with Crippen molar-refractivity contribution in [2.24, 2.45) is 17.6 Å². The molecule has 94 valence electrons. The molecule has 2 aliphatic rings. The summed E-state index contributed by atoms with van der Waals surface area (Å²) >= 11 is 0. The largest absolute Gasteiger partial charge is 0.406 e. The van der Waals surface area contributed by atoms with E-state index in [0.29, 0.717) is 23.7 Å². The zero-order chi connectivity index (χ0) is 12.0. The molecule has 3 N–H and O–H groups in total. The molecular formula is C11H18N4O2. The molecule has 3 rings (SSSR count). The normalized spacial score (nSPS) is 34.1. The first-order valence-corrected chi connectivity index (χ1v) is 6.17. The SMILES string of the molecule is CC(N)c1nnc(N2CC3CCC(O)C3C2)o1. The van der Waals surface area contributed by atoms with Crippen LogP contribution in [0.3, 0.4) is 0 Å². The zero-order valence-electron chi connectivity index (χ0n) is 9.91. The predicted octanol–water partition coefficient (Wildman–Crippen LogP) is 0.296. The van der Waals surface area contributed by atoms with Crippen LogP contribution in [0.15, 0.2) is 4.42 Å². The first-order valence-electron chi connectivity index (χ1n) is 6.17. The van der Waals surface area contributed by atoms with E-state index < -0.39 is 0 Å². The van der Waals surface area contributed by atoms with Gasteiger partial charge in [-0.3, -0.25) is 0 Å². The van der Waals surface area contributed by atoms with Crippen molar-refractivity contribution in [3.8, 4) is 0 Å². The molecule has 0 radical (unpaired) electrons. The molecule has 0 bridgehead atoms. The Labute approximate surface area is 99.8 Å². The van der Waals surface area contributed by atoms with E-state index in [0.717, 1.165) is 25.9 Å². The molecule has 4 unspecified atom stereocenters. The molecule has 1 aliphatic carbocycles. The highest BCUT2D eigenvalue weighted by molar-refractivity contribution is 5.28. The summed E-state index contributed by atoms with van der Waals surface area (Å²) in [5.74, 6) is 1.40. The van der Waals surface area contributed by atoms with Crippen molar-refractivity contribution in [3.63, 3.8) is 0 Å². The molecule has 0 aromatic carbocycles. The highest BCUT2D eigenvalue weighted by Gasteiger charge is 2.43. The van der Waals surface area contributed by atoms with E-state index >= 15 is 0 Å². The van der Waals surface area contributed by atoms with E-state index in [1.54, 1.807) is 0 Å². The Morgan fingerprint density at radius 1 is 1.41 bits per heavy atom. The van der Waals surface area contributed by atoms with E-state index in [1.165, 1.54) is 0 Å². The van der Waals surface area contributed by atoms with Crippen molar-refractivity contribution >= 4 is 6.01 Å². The van der Waals surface area contributed by atoms with Gasteiger partial charge < -0.3 is 20.2 Å². The molecule has 6 nitrogen and oxygen atoms in total. The maximum absolute atomic E-state index is 9.84. The third-order valence-electron chi connectivity index (χ3n) is 3.91. The van der Waals surface area contributed by atoms with E-state index in [9.17, 15) is 5.11 Å². The molecule has 1 aliphatic heterocycles. The number of hydrogen-bond donors (Lipinski definition) is 2. The zero-order valence-corrected chi connectivity index (χ0v) is 9.91. The summed E-state index contributed by atoms with van der Waals surface area (Å²) < 4.78 is 5.53. The van der Waals surface area contributed by atoms with Crippen molar-refractivity contribution in [2.75, 3.05) is 18.0 Å². The minimum absolute atomic E-state index is 0.166. The van der Waals surface area contributed by atoms with Crippen LogP contribution in [0.5, 0.6) is 0 Å². The maximum Gasteiger partial charge on any atom is 0.318 e. The standard InChI is InChI=1S/C11H18N4O2/c1-6(12)10-13-14-11(17-10)15-4-7-2-3-9(16)8(7)5-15/h6-9,16H,2-5,12H2,1H3. The topological polar surface area (TPSA) is 88.4 Å². The molecule has 6 heteroatoms. The average molecular weight is 238 g/mol. The summed E-state index contributed by atoms with van der Waals surface area (Å²) in [5.41, 5.74) is 5.68. The molecule has 1 aromatic rings. The third kappa shape index (κ3) is 1.81. The van der Waals surface area contributed by atoms with Gasteiger partial charge in [-0.2, -0.15) is 0 Å². The highest BCUT2D eigenvalue weighted by atomic mass is 16.4. The van der Waals surface area contributed by atoms with Gasteiger partial charge in [0.15, 0.2) is 0 Å². The van der Waals surface area contributed by atoms with E-state index in [1.807, 2.05) is 6.92 Å². The smallest absolute Gasteiger partial charge is 0.318 e. The van der Waals surface area contributed by atoms with Gasteiger partial charge in [-0.1, -0.05) is 5.10 Å². The van der Waals surface area contributed by atoms with Crippen LogP contribution in [-0.2, 0) is 0 Å². The molecule has 1 saturated carbocycles. The van der Waals surface area contributed by atoms with Crippen molar-refractivity contribution in [1.82, 2.24) is 10.2 Å². The number of nitrogens with zero attached hydrogens (tertiary/aromatic N) is 3. The van der Waals surface area contributed by atoms with Crippen LogP contribution in [0.25, 0.3) is 0 Å². The summed E-state index contributed by atoms with van der Waals surface area (Å²) in [7, 11) is 0. The Hall–Kier alpha value is -1.14. The van der Waals surface area contributed by atoms with Crippen LogP contribution in [0.2, 0.25) is 0 Å². The van der Waals surface area contributed by atoms with Gasteiger partial charge in [0, 0.05) is 19.0 Å². The first-order chi connectivity index (χ1) is 8.15. The molecular weight excluding hydrogens is 220 g/mol. The van der Waals surface area contributed by atoms with Crippen LogP contribution in [-0.4, -0.2) is 34.5 Å². The van der Waals surface area contributed by atoms with E-state index in [2.05, 4.69) is 15.1 Å². The fraction of sp³-hybridized carbons (Fsp3) is 0.818. The Kier molecular flexibility index (Phi) is 2.56. The van der Waals surface area contributed by atoms with Crippen molar-refractivity contribution < 1.29 is 9.52 Å². The number of hydrogen-bond acceptors (Lipinski definition) is 6. The Morgan fingerprint density at radius 2 is 2.24 bits per heavy atom. The average Bonchev–Trinajstić information content (AvgIpc) is 2.95. The lowest BCUT2D eigenvalue weighted by molar-refractivity contribution is 0.133. The van der Waals surface area contributed by atoms with Gasteiger partial charge >= 0.3 is 6.01 Å². The summed E-state index contributed by atoms with van der Waals surface area (Å²) in [6, 6.07) is 0.308. The van der Waals surface area contributed by atoms with Crippen molar-refractivity contribution in [1.29, 1.82) is 0 Å².